The van der Waals surface area contributed by atoms with Gasteiger partial charge >= 0.3 is 0 Å². The van der Waals surface area contributed by atoms with Gasteiger partial charge in [0.2, 0.25) is 5.91 Å². The van der Waals surface area contributed by atoms with Crippen LogP contribution in [0.1, 0.15) is 26.0 Å². The Hall–Kier alpha value is -0.810. The molecule has 4 nitrogen and oxygen atoms in total. The maximum Gasteiger partial charge on any atom is 0.230 e. The van der Waals surface area contributed by atoms with Gasteiger partial charge in [0, 0.05) is 13.6 Å². The Bertz CT molecular complexity index is 450. The first-order chi connectivity index (χ1) is 8.95. The molecular weight excluding hydrogens is 308 g/mol. The maximum atomic E-state index is 12.8. The number of nitrogens with zero attached hydrogens (tertiary/aromatic N) is 1. The fourth-order valence-electron chi connectivity index (χ4n) is 2.76. The minimum Gasteiger partial charge on any atom is -0.452 e. The molecule has 0 radical (unpaired) electrons. The molecule has 1 aliphatic rings. The number of halogens is 1. The van der Waals surface area contributed by atoms with Crippen LogP contribution in [-0.4, -0.2) is 30.9 Å². The van der Waals surface area contributed by atoms with Crippen LogP contribution in [0.25, 0.3) is 0 Å². The highest BCUT2D eigenvalue weighted by atomic mass is 79.9. The standard InChI is InChI=1S/C14H21BrN2O2/c1-10(2)14(6-7-16-9-14)13(18)17(3)8-11-4-5-12(15)19-11/h4-5,10,16H,6-9H2,1-3H3. The van der Waals surface area contributed by atoms with E-state index in [0.717, 1.165) is 25.3 Å². The number of hydrogen-bond acceptors (Lipinski definition) is 3. The van der Waals surface area contributed by atoms with E-state index >= 15 is 0 Å². The van der Waals surface area contributed by atoms with Gasteiger partial charge in [0.05, 0.1) is 12.0 Å². The van der Waals surface area contributed by atoms with Crippen LogP contribution in [0, 0.1) is 11.3 Å². The maximum absolute atomic E-state index is 12.8. The summed E-state index contributed by atoms with van der Waals surface area (Å²) in [6, 6.07) is 3.74. The predicted octanol–water partition coefficient (Wildman–Crippen LogP) is 2.64. The quantitative estimate of drug-likeness (QED) is 0.924. The minimum atomic E-state index is -0.265. The Morgan fingerprint density at radius 2 is 2.32 bits per heavy atom. The zero-order valence-corrected chi connectivity index (χ0v) is 13.3. The van der Waals surface area contributed by atoms with E-state index in [2.05, 4.69) is 35.1 Å². The van der Waals surface area contributed by atoms with Crippen molar-refractivity contribution in [3.05, 3.63) is 22.6 Å². The molecule has 0 spiro atoms. The third-order valence-corrected chi connectivity index (χ3v) is 4.51. The Labute approximate surface area is 122 Å². The summed E-state index contributed by atoms with van der Waals surface area (Å²) in [7, 11) is 1.85. The summed E-state index contributed by atoms with van der Waals surface area (Å²) in [5.41, 5.74) is -0.265. The summed E-state index contributed by atoms with van der Waals surface area (Å²) in [6.45, 7) is 6.46. The number of rotatable bonds is 4. The lowest BCUT2D eigenvalue weighted by Crippen LogP contribution is -2.46. The summed E-state index contributed by atoms with van der Waals surface area (Å²) in [5, 5.41) is 3.32. The first-order valence-corrected chi connectivity index (χ1v) is 7.45. The van der Waals surface area contributed by atoms with Gasteiger partial charge in [-0.05, 0) is 46.9 Å². The van der Waals surface area contributed by atoms with Gasteiger partial charge in [0.1, 0.15) is 5.76 Å². The first kappa shape index (κ1) is 14.6. The van der Waals surface area contributed by atoms with Crippen LogP contribution >= 0.6 is 15.9 Å². The van der Waals surface area contributed by atoms with E-state index in [1.165, 1.54) is 0 Å². The second-order valence-electron chi connectivity index (χ2n) is 5.60. The SMILES string of the molecule is CC(C)C1(C(=O)N(C)Cc2ccc(Br)o2)CCNC1. The van der Waals surface area contributed by atoms with Crippen molar-refractivity contribution in [2.24, 2.45) is 11.3 Å². The zero-order valence-electron chi connectivity index (χ0n) is 11.7. The van der Waals surface area contributed by atoms with E-state index in [1.54, 1.807) is 4.90 Å². The molecule has 1 fully saturated rings. The first-order valence-electron chi connectivity index (χ1n) is 6.66. The molecule has 2 heterocycles. The van der Waals surface area contributed by atoms with Gasteiger partial charge in [-0.25, -0.2) is 0 Å². The van der Waals surface area contributed by atoms with Gasteiger partial charge in [0.25, 0.3) is 0 Å². The molecule has 1 aromatic rings. The van der Waals surface area contributed by atoms with Gasteiger partial charge < -0.3 is 14.6 Å². The molecule has 0 aliphatic carbocycles. The van der Waals surface area contributed by atoms with Crippen molar-refractivity contribution < 1.29 is 9.21 Å². The van der Waals surface area contributed by atoms with E-state index < -0.39 is 0 Å². The molecule has 0 aromatic carbocycles. The monoisotopic (exact) mass is 328 g/mol. The molecule has 1 unspecified atom stereocenters. The fourth-order valence-corrected chi connectivity index (χ4v) is 3.10. The lowest BCUT2D eigenvalue weighted by Gasteiger charge is -2.34. The molecule has 1 amide bonds. The van der Waals surface area contributed by atoms with Crippen LogP contribution in [0.2, 0.25) is 0 Å². The molecule has 1 saturated heterocycles. The Kier molecular flexibility index (Phi) is 4.36. The van der Waals surface area contributed by atoms with Gasteiger partial charge in [0.15, 0.2) is 4.67 Å². The predicted molar refractivity (Wildman–Crippen MR) is 77.6 cm³/mol. The summed E-state index contributed by atoms with van der Waals surface area (Å²) in [6.07, 6.45) is 0.912. The molecule has 1 N–H and O–H groups in total. The van der Waals surface area contributed by atoms with Gasteiger partial charge in [-0.15, -0.1) is 0 Å². The van der Waals surface area contributed by atoms with E-state index in [-0.39, 0.29) is 11.3 Å². The largest absolute Gasteiger partial charge is 0.452 e. The third kappa shape index (κ3) is 2.87. The smallest absolute Gasteiger partial charge is 0.230 e. The number of amides is 1. The van der Waals surface area contributed by atoms with Crippen molar-refractivity contribution in [1.82, 2.24) is 10.2 Å². The van der Waals surface area contributed by atoms with E-state index in [0.29, 0.717) is 17.1 Å². The molecule has 106 valence electrons. The molecule has 0 bridgehead atoms. The highest BCUT2D eigenvalue weighted by Crippen LogP contribution is 2.36. The lowest BCUT2D eigenvalue weighted by atomic mass is 9.75. The second kappa shape index (κ2) is 5.67. The van der Waals surface area contributed by atoms with Crippen molar-refractivity contribution in [2.75, 3.05) is 20.1 Å². The van der Waals surface area contributed by atoms with Crippen LogP contribution in [0.5, 0.6) is 0 Å². The van der Waals surface area contributed by atoms with Crippen LogP contribution in [0.4, 0.5) is 0 Å². The number of nitrogens with one attached hydrogen (secondary N) is 1. The number of hydrogen-bond donors (Lipinski definition) is 1. The molecule has 1 aliphatic heterocycles. The molecule has 0 saturated carbocycles. The van der Waals surface area contributed by atoms with Gasteiger partial charge in [-0.1, -0.05) is 13.8 Å². The number of carbonyl (C=O) groups is 1. The topological polar surface area (TPSA) is 45.5 Å². The molecule has 1 aromatic heterocycles. The summed E-state index contributed by atoms with van der Waals surface area (Å²) >= 11 is 3.28. The lowest BCUT2D eigenvalue weighted by molar-refractivity contribution is -0.143. The van der Waals surface area contributed by atoms with Crippen molar-refractivity contribution in [2.45, 2.75) is 26.8 Å². The summed E-state index contributed by atoms with van der Waals surface area (Å²) in [5.74, 6) is 1.34. The van der Waals surface area contributed by atoms with Crippen LogP contribution in [0.15, 0.2) is 21.2 Å². The van der Waals surface area contributed by atoms with Gasteiger partial charge in [-0.3, -0.25) is 4.79 Å². The Morgan fingerprint density at radius 3 is 2.79 bits per heavy atom. The van der Waals surface area contributed by atoms with Crippen molar-refractivity contribution in [3.63, 3.8) is 0 Å². The molecule has 1 atom stereocenters. The fraction of sp³-hybridized carbons (Fsp3) is 0.643. The second-order valence-corrected chi connectivity index (χ2v) is 6.39. The molecule has 5 heteroatoms. The zero-order chi connectivity index (χ0) is 14.0. The summed E-state index contributed by atoms with van der Waals surface area (Å²) in [4.78, 5) is 14.5. The normalized spacial score (nSPS) is 23.0. The minimum absolute atomic E-state index is 0.208. The average molecular weight is 329 g/mol. The summed E-state index contributed by atoms with van der Waals surface area (Å²) < 4.78 is 6.17. The highest BCUT2D eigenvalue weighted by Gasteiger charge is 2.45. The Morgan fingerprint density at radius 1 is 1.58 bits per heavy atom. The van der Waals surface area contributed by atoms with Crippen molar-refractivity contribution in [1.29, 1.82) is 0 Å². The molecule has 19 heavy (non-hydrogen) atoms. The van der Waals surface area contributed by atoms with Crippen LogP contribution in [-0.2, 0) is 11.3 Å². The number of carbonyl (C=O) groups excluding carboxylic acids is 1. The third-order valence-electron chi connectivity index (χ3n) is 4.09. The van der Waals surface area contributed by atoms with Crippen LogP contribution in [0.3, 0.4) is 0 Å². The average Bonchev–Trinajstić information content (AvgIpc) is 2.98. The van der Waals surface area contributed by atoms with Crippen molar-refractivity contribution in [3.8, 4) is 0 Å². The van der Waals surface area contributed by atoms with E-state index in [9.17, 15) is 4.79 Å². The van der Waals surface area contributed by atoms with E-state index in [1.807, 2.05) is 19.2 Å². The molecule has 2 rings (SSSR count). The highest BCUT2D eigenvalue weighted by molar-refractivity contribution is 9.10. The number of furan rings is 1. The Balaban J connectivity index is 2.09. The molecular formula is C14H21BrN2O2. The van der Waals surface area contributed by atoms with Crippen molar-refractivity contribution >= 4 is 21.8 Å². The van der Waals surface area contributed by atoms with Crippen LogP contribution < -0.4 is 5.32 Å². The van der Waals surface area contributed by atoms with E-state index in [4.69, 9.17) is 4.42 Å². The van der Waals surface area contributed by atoms with Gasteiger partial charge in [-0.2, -0.15) is 0 Å².